The molecule has 1 amide bonds. The van der Waals surface area contributed by atoms with Crippen molar-refractivity contribution in [3.05, 3.63) is 53.0 Å². The van der Waals surface area contributed by atoms with Crippen LogP contribution in [-0.4, -0.2) is 78.4 Å². The third-order valence-corrected chi connectivity index (χ3v) is 10.5. The van der Waals surface area contributed by atoms with Gasteiger partial charge in [-0.2, -0.15) is 15.3 Å². The summed E-state index contributed by atoms with van der Waals surface area (Å²) in [6, 6.07) is 6.27. The molecule has 4 heterocycles. The lowest BCUT2D eigenvalue weighted by Crippen LogP contribution is -2.41. The molecule has 248 valence electrons. The number of fused-ring (bicyclic) bond motifs is 1. The predicted molar refractivity (Wildman–Crippen MR) is 196 cm³/mol. The second kappa shape index (κ2) is 14.6. The molecule has 1 fully saturated rings. The molecule has 0 saturated carbocycles. The molecule has 0 N–H and O–H groups in total. The molecule has 11 nitrogen and oxygen atoms in total. The van der Waals surface area contributed by atoms with E-state index in [0.717, 1.165) is 45.4 Å². The molecule has 1 aliphatic rings. The zero-order valence-corrected chi connectivity index (χ0v) is 32.0. The number of benzene rings is 1. The SMILES string of the molecule is CC.CCc1nn(C)c(C(=O)N(C)CCOc2c(-c3ccc4c(c3)c(/C=C/B3OC(C)(C)C(C)(C)O3)nn4PI)cnn2C)c1C. The van der Waals surface area contributed by atoms with Gasteiger partial charge in [0.05, 0.1) is 52.8 Å². The van der Waals surface area contributed by atoms with Crippen molar-refractivity contribution in [2.45, 2.75) is 73.0 Å². The fourth-order valence-corrected chi connectivity index (χ4v) is 6.85. The first-order valence-corrected chi connectivity index (χ1v) is 19.7. The van der Waals surface area contributed by atoms with E-state index < -0.39 is 18.3 Å². The molecule has 1 aliphatic heterocycles. The molecule has 1 atom stereocenters. The maximum atomic E-state index is 13.2. The Bertz CT molecular complexity index is 1710. The fraction of sp³-hybridized carbons (Fsp3) is 0.500. The van der Waals surface area contributed by atoms with Gasteiger partial charge in [-0.05, 0) is 86.9 Å². The van der Waals surface area contributed by atoms with Crippen LogP contribution in [0.5, 0.6) is 5.88 Å². The Balaban J connectivity index is 0.00000235. The molecule has 0 bridgehead atoms. The molecule has 5 rings (SSSR count). The smallest absolute Gasteiger partial charge is 0.476 e. The van der Waals surface area contributed by atoms with E-state index in [4.69, 9.17) is 19.1 Å². The highest BCUT2D eigenvalue weighted by atomic mass is 127. The number of aromatic nitrogens is 6. The van der Waals surface area contributed by atoms with Crippen LogP contribution in [0, 0.1) is 6.92 Å². The van der Waals surface area contributed by atoms with Gasteiger partial charge in [-0.25, -0.2) is 9.13 Å². The van der Waals surface area contributed by atoms with E-state index in [0.29, 0.717) is 31.1 Å². The van der Waals surface area contributed by atoms with Crippen LogP contribution in [0.1, 0.15) is 75.9 Å². The Morgan fingerprint density at radius 3 is 2.41 bits per heavy atom. The second-order valence-corrected chi connectivity index (χ2v) is 14.1. The molecule has 14 heteroatoms. The Labute approximate surface area is 287 Å². The molecule has 3 aromatic heterocycles. The van der Waals surface area contributed by atoms with E-state index in [9.17, 15) is 4.79 Å². The van der Waals surface area contributed by atoms with Crippen molar-refractivity contribution in [3.8, 4) is 17.0 Å². The number of aryl methyl sites for hydroxylation is 3. The highest BCUT2D eigenvalue weighted by molar-refractivity contribution is 14.2. The van der Waals surface area contributed by atoms with Gasteiger partial charge in [0.1, 0.15) is 12.3 Å². The number of likely N-dealkylation sites (N-methyl/N-ethyl adjacent to an activating group) is 1. The average molecular weight is 761 g/mol. The van der Waals surface area contributed by atoms with Crippen LogP contribution in [0.4, 0.5) is 0 Å². The summed E-state index contributed by atoms with van der Waals surface area (Å²) in [5, 5.41) is 14.8. The van der Waals surface area contributed by atoms with Crippen molar-refractivity contribution in [2.75, 3.05) is 20.2 Å². The van der Waals surface area contributed by atoms with Crippen LogP contribution in [0.15, 0.2) is 30.4 Å². The minimum absolute atomic E-state index is 0.0782. The third kappa shape index (κ3) is 7.07. The number of hydrogen-bond acceptors (Lipinski definition) is 7. The Hall–Kier alpha value is -2.74. The van der Waals surface area contributed by atoms with Crippen LogP contribution in [0.2, 0.25) is 0 Å². The number of nitrogens with zero attached hydrogens (tertiary/aromatic N) is 7. The summed E-state index contributed by atoms with van der Waals surface area (Å²) in [6.45, 7) is 16.9. The summed E-state index contributed by atoms with van der Waals surface area (Å²) in [5.41, 5.74) is 5.36. The van der Waals surface area contributed by atoms with Crippen LogP contribution in [-0.2, 0) is 29.8 Å². The molecule has 0 aliphatic carbocycles. The van der Waals surface area contributed by atoms with E-state index >= 15 is 0 Å². The van der Waals surface area contributed by atoms with Crippen LogP contribution < -0.4 is 4.74 Å². The average Bonchev–Trinajstić information content (AvgIpc) is 3.72. The van der Waals surface area contributed by atoms with E-state index in [1.807, 2.05) is 86.0 Å². The van der Waals surface area contributed by atoms with Gasteiger partial charge in [-0.1, -0.05) is 32.8 Å². The fourth-order valence-electron chi connectivity index (χ4n) is 5.31. The summed E-state index contributed by atoms with van der Waals surface area (Å²) < 4.78 is 23.9. The zero-order valence-electron chi connectivity index (χ0n) is 28.8. The van der Waals surface area contributed by atoms with Gasteiger partial charge >= 0.3 is 7.12 Å². The minimum Gasteiger partial charge on any atom is -0.476 e. The summed E-state index contributed by atoms with van der Waals surface area (Å²) >= 11 is 2.34. The molecule has 46 heavy (non-hydrogen) atoms. The van der Waals surface area contributed by atoms with Gasteiger partial charge in [-0.3, -0.25) is 9.48 Å². The topological polar surface area (TPSA) is 101 Å². The normalized spacial score (nSPS) is 15.7. The van der Waals surface area contributed by atoms with Crippen LogP contribution in [0.3, 0.4) is 0 Å². The minimum atomic E-state index is -0.454. The lowest BCUT2D eigenvalue weighted by atomic mass is 9.89. The maximum absolute atomic E-state index is 13.2. The lowest BCUT2D eigenvalue weighted by Gasteiger charge is -2.32. The Morgan fingerprint density at radius 2 is 1.80 bits per heavy atom. The monoisotopic (exact) mass is 761 g/mol. The summed E-state index contributed by atoms with van der Waals surface area (Å²) in [5.74, 6) is 2.48. The van der Waals surface area contributed by atoms with Crippen LogP contribution >= 0.6 is 28.4 Å². The number of rotatable bonds is 10. The van der Waals surface area contributed by atoms with Crippen molar-refractivity contribution in [1.82, 2.24) is 34.0 Å². The van der Waals surface area contributed by atoms with Gasteiger partial charge in [0.15, 0.2) is 0 Å². The zero-order chi connectivity index (χ0) is 34.0. The highest BCUT2D eigenvalue weighted by Gasteiger charge is 2.50. The number of hydrogen-bond donors (Lipinski definition) is 0. The first kappa shape index (κ1) is 36.1. The second-order valence-electron chi connectivity index (χ2n) is 12.1. The van der Waals surface area contributed by atoms with Gasteiger partial charge in [0.25, 0.3) is 5.91 Å². The van der Waals surface area contributed by atoms with E-state index in [2.05, 4.69) is 50.4 Å². The van der Waals surface area contributed by atoms with Gasteiger partial charge < -0.3 is 18.9 Å². The largest absolute Gasteiger partial charge is 0.487 e. The molecular formula is C32H46BIN7O4P. The number of ether oxygens (including phenoxy) is 1. The van der Waals surface area contributed by atoms with Gasteiger partial charge in [-0.15, -0.1) is 0 Å². The first-order chi connectivity index (χ1) is 21.8. The van der Waals surface area contributed by atoms with Gasteiger partial charge in [0, 0.05) is 32.1 Å². The standard InChI is InChI=1S/C30H40BIN7O4P.C2H6/c1-10-23-19(2)26(37(8)34-23)27(40)36(7)15-16-41-28-22(18-33-38(28)9)20-11-12-25-21(17-20)24(35-39(25)44-32)13-14-31-42-29(3,4)30(5,6)43-31;1-2/h11-14,17-18,44H,10,15-16H2,1-9H3;1-2H3/b14-13+;. The molecule has 1 unspecified atom stereocenters. The Morgan fingerprint density at radius 1 is 1.13 bits per heavy atom. The lowest BCUT2D eigenvalue weighted by molar-refractivity contribution is 0.00578. The molecule has 0 spiro atoms. The van der Waals surface area contributed by atoms with Crippen molar-refractivity contribution < 1.29 is 18.8 Å². The molecular weight excluding hydrogens is 715 g/mol. The van der Waals surface area contributed by atoms with Crippen molar-refractivity contribution in [2.24, 2.45) is 14.1 Å². The molecule has 0 radical (unpaired) electrons. The number of carbonyl (C=O) groups excluding carboxylic acids is 1. The molecule has 1 aromatic carbocycles. The molecule has 4 aromatic rings. The summed E-state index contributed by atoms with van der Waals surface area (Å²) in [6.07, 6.45) is 5.01. The summed E-state index contributed by atoms with van der Waals surface area (Å²) in [7, 11) is 4.99. The highest BCUT2D eigenvalue weighted by Crippen LogP contribution is 2.38. The van der Waals surface area contributed by atoms with E-state index in [1.165, 1.54) is 0 Å². The number of halogens is 1. The third-order valence-electron chi connectivity index (χ3n) is 8.60. The summed E-state index contributed by atoms with van der Waals surface area (Å²) in [4.78, 5) is 14.9. The Kier molecular flexibility index (Phi) is 11.4. The van der Waals surface area contributed by atoms with Crippen molar-refractivity contribution in [1.29, 1.82) is 0 Å². The number of amides is 1. The quantitative estimate of drug-likeness (QED) is 0.101. The predicted octanol–water partition coefficient (Wildman–Crippen LogP) is 6.65. The van der Waals surface area contributed by atoms with Crippen molar-refractivity contribution >= 4 is 58.4 Å². The number of carbonyl (C=O) groups is 1. The first-order valence-electron chi connectivity index (χ1n) is 15.6. The van der Waals surface area contributed by atoms with E-state index in [-0.39, 0.29) is 5.91 Å². The maximum Gasteiger partial charge on any atom is 0.487 e. The van der Waals surface area contributed by atoms with Crippen LogP contribution in [0.25, 0.3) is 28.1 Å². The van der Waals surface area contributed by atoms with Crippen molar-refractivity contribution in [3.63, 3.8) is 0 Å². The molecule has 1 saturated heterocycles. The van der Waals surface area contributed by atoms with Gasteiger partial charge in [0.2, 0.25) is 5.88 Å². The van der Waals surface area contributed by atoms with E-state index in [1.54, 1.807) is 27.5 Å².